The number of rotatable bonds is 5. The third kappa shape index (κ3) is 5.08. The molecular weight excluding hydrogens is 264 g/mol. The summed E-state index contributed by atoms with van der Waals surface area (Å²) in [7, 11) is 1.80. The minimum Gasteiger partial charge on any atom is -0.467 e. The molecule has 1 unspecified atom stereocenters. The zero-order valence-corrected chi connectivity index (χ0v) is 13.4. The number of furan rings is 1. The molecule has 1 atom stereocenters. The molecule has 2 heterocycles. The number of guanidine groups is 1. The average molecular weight is 292 g/mol. The number of aliphatic imine (C=N–C) groups is 1. The van der Waals surface area contributed by atoms with Crippen LogP contribution in [0, 0.1) is 5.92 Å². The van der Waals surface area contributed by atoms with Crippen LogP contribution >= 0.6 is 0 Å². The number of piperidine rings is 1. The quantitative estimate of drug-likeness (QED) is 0.644. The van der Waals surface area contributed by atoms with Gasteiger partial charge in [0.15, 0.2) is 5.96 Å². The van der Waals surface area contributed by atoms with E-state index in [0.717, 1.165) is 18.3 Å². The molecule has 5 nitrogen and oxygen atoms in total. The van der Waals surface area contributed by atoms with Gasteiger partial charge in [0, 0.05) is 26.2 Å². The molecule has 2 rings (SSSR count). The van der Waals surface area contributed by atoms with Crippen molar-refractivity contribution in [2.75, 3.05) is 26.7 Å². The first-order valence-corrected chi connectivity index (χ1v) is 7.90. The summed E-state index contributed by atoms with van der Waals surface area (Å²) in [6.45, 7) is 8.61. The number of nitrogens with one attached hydrogen (secondary N) is 2. The second-order valence-electron chi connectivity index (χ2n) is 5.98. The van der Waals surface area contributed by atoms with Crippen LogP contribution in [0.3, 0.4) is 0 Å². The van der Waals surface area contributed by atoms with Crippen molar-refractivity contribution in [1.29, 1.82) is 0 Å². The lowest BCUT2D eigenvalue weighted by atomic mass is 9.97. The minimum atomic E-state index is 0.643. The van der Waals surface area contributed by atoms with Crippen molar-refractivity contribution in [2.45, 2.75) is 39.3 Å². The average Bonchev–Trinajstić information content (AvgIpc) is 3.01. The Labute approximate surface area is 127 Å². The monoisotopic (exact) mass is 292 g/mol. The van der Waals surface area contributed by atoms with Crippen molar-refractivity contribution in [1.82, 2.24) is 15.5 Å². The molecule has 0 radical (unpaired) electrons. The van der Waals surface area contributed by atoms with Crippen molar-refractivity contribution in [3.05, 3.63) is 24.2 Å². The van der Waals surface area contributed by atoms with Crippen molar-refractivity contribution in [2.24, 2.45) is 10.9 Å². The first-order valence-electron chi connectivity index (χ1n) is 7.90. The van der Waals surface area contributed by atoms with E-state index < -0.39 is 0 Å². The van der Waals surface area contributed by atoms with Crippen LogP contribution in [-0.2, 0) is 6.54 Å². The standard InChI is InChI=1S/C16H28N4O/c1-13(2)20-8-4-6-14(12-20)10-18-16(17-3)19-11-15-7-5-9-21-15/h5,7,9,13-14H,4,6,8,10-12H2,1-3H3,(H2,17,18,19). The number of likely N-dealkylation sites (tertiary alicyclic amines) is 1. The third-order valence-corrected chi connectivity index (χ3v) is 4.07. The summed E-state index contributed by atoms with van der Waals surface area (Å²) in [6, 6.07) is 4.50. The fourth-order valence-electron chi connectivity index (χ4n) is 2.78. The molecule has 1 saturated heterocycles. The maximum Gasteiger partial charge on any atom is 0.191 e. The fourth-order valence-corrected chi connectivity index (χ4v) is 2.78. The van der Waals surface area contributed by atoms with Gasteiger partial charge in [0.1, 0.15) is 5.76 Å². The first-order chi connectivity index (χ1) is 10.2. The Morgan fingerprint density at radius 3 is 3.00 bits per heavy atom. The van der Waals surface area contributed by atoms with Crippen molar-refractivity contribution >= 4 is 5.96 Å². The summed E-state index contributed by atoms with van der Waals surface area (Å²) in [5.74, 6) is 2.46. The van der Waals surface area contributed by atoms with Crippen LogP contribution < -0.4 is 10.6 Å². The highest BCUT2D eigenvalue weighted by molar-refractivity contribution is 5.79. The Kier molecular flexibility index (Phi) is 6.11. The highest BCUT2D eigenvalue weighted by atomic mass is 16.3. The van der Waals surface area contributed by atoms with E-state index in [1.54, 1.807) is 13.3 Å². The minimum absolute atomic E-state index is 0.643. The van der Waals surface area contributed by atoms with Gasteiger partial charge in [-0.3, -0.25) is 4.99 Å². The molecule has 1 aliphatic rings. The molecule has 1 aromatic heterocycles. The number of hydrogen-bond acceptors (Lipinski definition) is 3. The zero-order chi connectivity index (χ0) is 15.1. The smallest absolute Gasteiger partial charge is 0.191 e. The van der Waals surface area contributed by atoms with Crippen LogP contribution in [0.2, 0.25) is 0 Å². The lowest BCUT2D eigenvalue weighted by Crippen LogP contribution is -2.45. The van der Waals surface area contributed by atoms with Crippen molar-refractivity contribution in [3.63, 3.8) is 0 Å². The molecule has 0 saturated carbocycles. The highest BCUT2D eigenvalue weighted by Gasteiger charge is 2.21. The van der Waals surface area contributed by atoms with Gasteiger partial charge in [-0.2, -0.15) is 0 Å². The van der Waals surface area contributed by atoms with Crippen LogP contribution in [0.4, 0.5) is 0 Å². The molecule has 2 N–H and O–H groups in total. The Morgan fingerprint density at radius 1 is 1.48 bits per heavy atom. The van der Waals surface area contributed by atoms with Gasteiger partial charge in [-0.1, -0.05) is 0 Å². The normalized spacial score (nSPS) is 20.8. The fraction of sp³-hybridized carbons (Fsp3) is 0.688. The summed E-state index contributed by atoms with van der Waals surface area (Å²) in [6.07, 6.45) is 4.28. The molecule has 0 bridgehead atoms. The second-order valence-corrected chi connectivity index (χ2v) is 5.98. The molecule has 118 valence electrons. The second kappa shape index (κ2) is 8.08. The first kappa shape index (κ1) is 15.9. The van der Waals surface area contributed by atoms with Crippen LogP contribution in [0.25, 0.3) is 0 Å². The summed E-state index contributed by atoms with van der Waals surface area (Å²) in [5, 5.41) is 6.71. The SMILES string of the molecule is CN=C(NCc1ccco1)NCC1CCCN(C(C)C)C1. The topological polar surface area (TPSA) is 52.8 Å². The maximum absolute atomic E-state index is 5.31. The van der Waals surface area contributed by atoms with Crippen LogP contribution in [0.5, 0.6) is 0 Å². The predicted molar refractivity (Wildman–Crippen MR) is 86.3 cm³/mol. The molecule has 21 heavy (non-hydrogen) atoms. The van der Waals surface area contributed by atoms with Gasteiger partial charge >= 0.3 is 0 Å². The summed E-state index contributed by atoms with van der Waals surface area (Å²) < 4.78 is 5.31. The summed E-state index contributed by atoms with van der Waals surface area (Å²) in [4.78, 5) is 6.83. The molecule has 0 aromatic carbocycles. The van der Waals surface area contributed by atoms with Gasteiger partial charge in [-0.25, -0.2) is 0 Å². The van der Waals surface area contributed by atoms with Gasteiger partial charge in [0.2, 0.25) is 0 Å². The van der Waals surface area contributed by atoms with E-state index in [9.17, 15) is 0 Å². The van der Waals surface area contributed by atoms with E-state index in [1.807, 2.05) is 12.1 Å². The molecule has 5 heteroatoms. The zero-order valence-electron chi connectivity index (χ0n) is 13.4. The van der Waals surface area contributed by atoms with Crippen LogP contribution in [-0.4, -0.2) is 43.6 Å². The largest absolute Gasteiger partial charge is 0.467 e. The van der Waals surface area contributed by atoms with Crippen LogP contribution in [0.1, 0.15) is 32.4 Å². The van der Waals surface area contributed by atoms with Gasteiger partial charge < -0.3 is 20.0 Å². The van der Waals surface area contributed by atoms with Crippen molar-refractivity contribution in [3.8, 4) is 0 Å². The molecule has 0 aliphatic carbocycles. The lowest BCUT2D eigenvalue weighted by Gasteiger charge is -2.35. The Bertz CT molecular complexity index is 427. The molecular formula is C16H28N4O. The Hall–Kier alpha value is -1.49. The highest BCUT2D eigenvalue weighted by Crippen LogP contribution is 2.17. The van der Waals surface area contributed by atoms with Gasteiger partial charge in [0.05, 0.1) is 12.8 Å². The molecule has 1 aliphatic heterocycles. The maximum atomic E-state index is 5.31. The van der Waals surface area contributed by atoms with Crippen LogP contribution in [0.15, 0.2) is 27.8 Å². The van der Waals surface area contributed by atoms with Gasteiger partial charge in [0.25, 0.3) is 0 Å². The van der Waals surface area contributed by atoms with E-state index in [4.69, 9.17) is 4.42 Å². The lowest BCUT2D eigenvalue weighted by molar-refractivity contribution is 0.141. The van der Waals surface area contributed by atoms with Gasteiger partial charge in [-0.05, 0) is 51.3 Å². The molecule has 0 spiro atoms. The number of hydrogen-bond donors (Lipinski definition) is 2. The Balaban J connectivity index is 1.72. The van der Waals surface area contributed by atoms with Gasteiger partial charge in [-0.15, -0.1) is 0 Å². The molecule has 0 amide bonds. The third-order valence-electron chi connectivity index (χ3n) is 4.07. The van der Waals surface area contributed by atoms with Crippen molar-refractivity contribution < 1.29 is 4.42 Å². The molecule has 1 fully saturated rings. The number of nitrogens with zero attached hydrogens (tertiary/aromatic N) is 2. The van der Waals surface area contributed by atoms with E-state index in [0.29, 0.717) is 18.5 Å². The van der Waals surface area contributed by atoms with E-state index in [2.05, 4.69) is 34.4 Å². The predicted octanol–water partition coefficient (Wildman–Crippen LogP) is 2.06. The Morgan fingerprint density at radius 2 is 2.33 bits per heavy atom. The van der Waals surface area contributed by atoms with E-state index in [-0.39, 0.29) is 0 Å². The van der Waals surface area contributed by atoms with E-state index in [1.165, 1.54) is 25.9 Å². The summed E-state index contributed by atoms with van der Waals surface area (Å²) >= 11 is 0. The van der Waals surface area contributed by atoms with E-state index >= 15 is 0 Å². The molecule has 1 aromatic rings. The summed E-state index contributed by atoms with van der Waals surface area (Å²) in [5.41, 5.74) is 0.